The molecule has 2 fully saturated rings. The molecule has 24 heavy (non-hydrogen) atoms. The molecular formula is C18H24N4O2. The summed E-state index contributed by atoms with van der Waals surface area (Å²) in [6.07, 6.45) is 6.44. The summed E-state index contributed by atoms with van der Waals surface area (Å²) in [7, 11) is 0. The summed E-state index contributed by atoms with van der Waals surface area (Å²) >= 11 is 0. The Balaban J connectivity index is 1.69. The SMILES string of the molecule is NCC1CCCN1C(=O)c1ccc2c(c1)[nH]c(=O)n2C1CCCC1. The van der Waals surface area contributed by atoms with Gasteiger partial charge in [-0.2, -0.15) is 0 Å². The average molecular weight is 328 g/mol. The van der Waals surface area contributed by atoms with Crippen LogP contribution in [0.5, 0.6) is 0 Å². The van der Waals surface area contributed by atoms with E-state index >= 15 is 0 Å². The minimum absolute atomic E-state index is 0.0133. The maximum Gasteiger partial charge on any atom is 0.326 e. The van der Waals surface area contributed by atoms with Crippen molar-refractivity contribution in [3.63, 3.8) is 0 Å². The van der Waals surface area contributed by atoms with E-state index in [0.717, 1.165) is 43.3 Å². The van der Waals surface area contributed by atoms with E-state index in [1.165, 1.54) is 12.8 Å². The third-order valence-corrected chi connectivity index (χ3v) is 5.56. The first-order chi connectivity index (χ1) is 11.7. The third-order valence-electron chi connectivity index (χ3n) is 5.56. The minimum Gasteiger partial charge on any atom is -0.334 e. The lowest BCUT2D eigenvalue weighted by Gasteiger charge is -2.23. The molecule has 1 amide bonds. The molecule has 1 atom stereocenters. The predicted octanol–water partition coefficient (Wildman–Crippen LogP) is 2.01. The van der Waals surface area contributed by atoms with Gasteiger partial charge >= 0.3 is 5.69 Å². The normalized spacial score (nSPS) is 21.9. The van der Waals surface area contributed by atoms with Gasteiger partial charge in [-0.05, 0) is 43.9 Å². The van der Waals surface area contributed by atoms with Gasteiger partial charge in [0.25, 0.3) is 5.91 Å². The fourth-order valence-corrected chi connectivity index (χ4v) is 4.30. The number of imidazole rings is 1. The van der Waals surface area contributed by atoms with Crippen molar-refractivity contribution in [3.05, 3.63) is 34.2 Å². The highest BCUT2D eigenvalue weighted by atomic mass is 16.2. The number of fused-ring (bicyclic) bond motifs is 1. The second-order valence-corrected chi connectivity index (χ2v) is 7.00. The Labute approximate surface area is 140 Å². The molecule has 4 rings (SSSR count). The Morgan fingerprint density at radius 1 is 1.21 bits per heavy atom. The van der Waals surface area contributed by atoms with Gasteiger partial charge in [-0.25, -0.2) is 4.79 Å². The molecule has 2 aliphatic rings. The molecule has 6 heteroatoms. The predicted molar refractivity (Wildman–Crippen MR) is 93.2 cm³/mol. The van der Waals surface area contributed by atoms with Gasteiger partial charge in [-0.3, -0.25) is 9.36 Å². The first kappa shape index (κ1) is 15.4. The summed E-state index contributed by atoms with van der Waals surface area (Å²) < 4.78 is 1.87. The largest absolute Gasteiger partial charge is 0.334 e. The van der Waals surface area contributed by atoms with E-state index in [4.69, 9.17) is 5.73 Å². The maximum absolute atomic E-state index is 12.8. The van der Waals surface area contributed by atoms with Crippen molar-refractivity contribution in [2.24, 2.45) is 5.73 Å². The number of amides is 1. The highest BCUT2D eigenvalue weighted by Gasteiger charge is 2.29. The summed E-state index contributed by atoms with van der Waals surface area (Å²) in [4.78, 5) is 29.9. The lowest BCUT2D eigenvalue weighted by molar-refractivity contribution is 0.0741. The number of aromatic amines is 1. The van der Waals surface area contributed by atoms with Crippen LogP contribution in [0.25, 0.3) is 11.0 Å². The first-order valence-electron chi connectivity index (χ1n) is 8.94. The second-order valence-electron chi connectivity index (χ2n) is 7.00. The molecule has 2 heterocycles. The van der Waals surface area contributed by atoms with Crippen molar-refractivity contribution in [1.82, 2.24) is 14.5 Å². The summed E-state index contributed by atoms with van der Waals surface area (Å²) in [5, 5.41) is 0. The van der Waals surface area contributed by atoms with Gasteiger partial charge < -0.3 is 15.6 Å². The highest BCUT2D eigenvalue weighted by molar-refractivity contribution is 5.97. The topological polar surface area (TPSA) is 84.1 Å². The fraction of sp³-hybridized carbons (Fsp3) is 0.556. The van der Waals surface area contributed by atoms with Gasteiger partial charge in [0.05, 0.1) is 11.0 Å². The number of likely N-dealkylation sites (tertiary alicyclic amines) is 1. The van der Waals surface area contributed by atoms with E-state index in [9.17, 15) is 9.59 Å². The number of hydrogen-bond donors (Lipinski definition) is 2. The van der Waals surface area contributed by atoms with Crippen LogP contribution in [0.4, 0.5) is 0 Å². The number of nitrogens with one attached hydrogen (secondary N) is 1. The van der Waals surface area contributed by atoms with Gasteiger partial charge in [0.1, 0.15) is 0 Å². The van der Waals surface area contributed by atoms with Crippen molar-refractivity contribution in [2.75, 3.05) is 13.1 Å². The van der Waals surface area contributed by atoms with Crippen LogP contribution < -0.4 is 11.4 Å². The number of rotatable bonds is 3. The molecule has 1 unspecified atom stereocenters. The van der Waals surface area contributed by atoms with Crippen molar-refractivity contribution >= 4 is 16.9 Å². The Morgan fingerprint density at radius 2 is 2.00 bits per heavy atom. The van der Waals surface area contributed by atoms with Gasteiger partial charge in [-0.1, -0.05) is 12.8 Å². The number of nitrogens with zero attached hydrogens (tertiary/aromatic N) is 2. The van der Waals surface area contributed by atoms with E-state index in [-0.39, 0.29) is 23.7 Å². The molecule has 1 aromatic carbocycles. The van der Waals surface area contributed by atoms with E-state index in [1.807, 2.05) is 27.7 Å². The first-order valence-corrected chi connectivity index (χ1v) is 8.94. The number of nitrogens with two attached hydrogens (primary N) is 1. The number of carbonyl (C=O) groups is 1. The molecule has 1 aliphatic heterocycles. The highest BCUT2D eigenvalue weighted by Crippen LogP contribution is 2.31. The van der Waals surface area contributed by atoms with Crippen LogP contribution in [-0.2, 0) is 0 Å². The monoisotopic (exact) mass is 328 g/mol. The number of benzene rings is 1. The molecule has 0 radical (unpaired) electrons. The van der Waals surface area contributed by atoms with Crippen LogP contribution >= 0.6 is 0 Å². The Bertz CT molecular complexity index is 816. The van der Waals surface area contributed by atoms with Crippen LogP contribution in [0, 0.1) is 0 Å². The van der Waals surface area contributed by atoms with Crippen LogP contribution in [0.3, 0.4) is 0 Å². The number of aromatic nitrogens is 2. The average Bonchev–Trinajstić information content (AvgIpc) is 3.31. The maximum atomic E-state index is 12.8. The zero-order chi connectivity index (χ0) is 16.7. The van der Waals surface area contributed by atoms with Crippen molar-refractivity contribution < 1.29 is 4.79 Å². The quantitative estimate of drug-likeness (QED) is 0.904. The van der Waals surface area contributed by atoms with Gasteiger partial charge in [0, 0.05) is 30.7 Å². The van der Waals surface area contributed by atoms with E-state index in [1.54, 1.807) is 0 Å². The summed E-state index contributed by atoms with van der Waals surface area (Å²) in [6.45, 7) is 1.27. The van der Waals surface area contributed by atoms with Crippen molar-refractivity contribution in [3.8, 4) is 0 Å². The molecule has 2 aromatic rings. The Kier molecular flexibility index (Phi) is 3.92. The molecular weight excluding hydrogens is 304 g/mol. The number of carbonyl (C=O) groups excluding carboxylic acids is 1. The molecule has 3 N–H and O–H groups in total. The fourth-order valence-electron chi connectivity index (χ4n) is 4.30. The van der Waals surface area contributed by atoms with Gasteiger partial charge in [0.15, 0.2) is 0 Å². The zero-order valence-corrected chi connectivity index (χ0v) is 13.8. The van der Waals surface area contributed by atoms with Crippen molar-refractivity contribution in [2.45, 2.75) is 50.6 Å². The molecule has 1 saturated heterocycles. The van der Waals surface area contributed by atoms with Crippen LogP contribution in [-0.4, -0.2) is 39.5 Å². The number of hydrogen-bond acceptors (Lipinski definition) is 3. The lowest BCUT2D eigenvalue weighted by Crippen LogP contribution is -2.39. The summed E-state index contributed by atoms with van der Waals surface area (Å²) in [5.41, 5.74) is 7.99. The Hall–Kier alpha value is -2.08. The molecule has 0 bridgehead atoms. The zero-order valence-electron chi connectivity index (χ0n) is 13.8. The Morgan fingerprint density at radius 3 is 2.75 bits per heavy atom. The molecule has 1 saturated carbocycles. The van der Waals surface area contributed by atoms with Crippen molar-refractivity contribution in [1.29, 1.82) is 0 Å². The minimum atomic E-state index is -0.0671. The molecule has 0 spiro atoms. The number of H-pyrrole nitrogens is 1. The smallest absolute Gasteiger partial charge is 0.326 e. The lowest BCUT2D eigenvalue weighted by atomic mass is 10.1. The van der Waals surface area contributed by atoms with E-state index in [0.29, 0.717) is 12.1 Å². The van der Waals surface area contributed by atoms with Gasteiger partial charge in [0.2, 0.25) is 0 Å². The van der Waals surface area contributed by atoms with E-state index in [2.05, 4.69) is 4.98 Å². The third kappa shape index (κ3) is 2.45. The van der Waals surface area contributed by atoms with Crippen LogP contribution in [0.1, 0.15) is 54.9 Å². The van der Waals surface area contributed by atoms with E-state index < -0.39 is 0 Å². The summed E-state index contributed by atoms with van der Waals surface area (Å²) in [5.74, 6) is 0.0133. The molecule has 1 aliphatic carbocycles. The second kappa shape index (κ2) is 6.09. The molecule has 1 aromatic heterocycles. The molecule has 6 nitrogen and oxygen atoms in total. The molecule has 128 valence electrons. The van der Waals surface area contributed by atoms with Crippen LogP contribution in [0.2, 0.25) is 0 Å². The van der Waals surface area contributed by atoms with Gasteiger partial charge in [-0.15, -0.1) is 0 Å². The van der Waals surface area contributed by atoms with Crippen LogP contribution in [0.15, 0.2) is 23.0 Å². The standard InChI is InChI=1S/C18H24N4O2/c19-11-14-6-3-9-21(14)17(23)12-7-8-16-15(10-12)20-18(24)22(16)13-4-1-2-5-13/h7-8,10,13-14H,1-6,9,11,19H2,(H,20,24). The summed E-state index contributed by atoms with van der Waals surface area (Å²) in [6, 6.07) is 5.99.